The molecule has 1 N–H and O–H groups in total. The molecule has 31 heavy (non-hydrogen) atoms. The standard InChI is InChI=1S/C17H12F9NO3S/c1-27(12-4-2-3-11(9-12)15(18,19)20)31(29,30)13-7-5-10(6-8-13)14(28,16(21,22)23)17(24,25)26/h2-9,28H,1H3. The van der Waals surface area contributed by atoms with Crippen LogP contribution in [0.25, 0.3) is 0 Å². The first-order valence-corrected chi connectivity index (χ1v) is 9.40. The molecule has 0 atom stereocenters. The maximum atomic E-state index is 12.9. The van der Waals surface area contributed by atoms with Gasteiger partial charge in [-0.15, -0.1) is 0 Å². The number of alkyl halides is 9. The molecule has 2 aromatic rings. The summed E-state index contributed by atoms with van der Waals surface area (Å²) in [6.45, 7) is 0. The Morgan fingerprint density at radius 2 is 1.26 bits per heavy atom. The number of anilines is 1. The second kappa shape index (κ2) is 7.58. The zero-order valence-corrected chi connectivity index (χ0v) is 16.0. The molecular weight excluding hydrogens is 469 g/mol. The van der Waals surface area contributed by atoms with Crippen LogP contribution < -0.4 is 4.31 Å². The lowest BCUT2D eigenvalue weighted by Gasteiger charge is -2.32. The largest absolute Gasteiger partial charge is 0.430 e. The zero-order valence-electron chi connectivity index (χ0n) is 15.1. The Hall–Kier alpha value is -2.48. The number of rotatable bonds is 4. The van der Waals surface area contributed by atoms with E-state index in [-0.39, 0.29) is 12.1 Å². The van der Waals surface area contributed by atoms with Crippen molar-refractivity contribution in [1.82, 2.24) is 0 Å². The fourth-order valence-corrected chi connectivity index (χ4v) is 3.72. The van der Waals surface area contributed by atoms with Crippen molar-refractivity contribution in [2.75, 3.05) is 11.4 Å². The van der Waals surface area contributed by atoms with Gasteiger partial charge in [0.05, 0.1) is 16.1 Å². The average molecular weight is 481 g/mol. The minimum absolute atomic E-state index is 0.119. The van der Waals surface area contributed by atoms with E-state index in [9.17, 15) is 53.0 Å². The maximum Gasteiger partial charge on any atom is 0.430 e. The fourth-order valence-electron chi connectivity index (χ4n) is 2.53. The molecule has 0 aliphatic carbocycles. The first-order valence-electron chi connectivity index (χ1n) is 7.96. The predicted octanol–water partition coefficient (Wildman–Crippen LogP) is 4.84. The quantitative estimate of drug-likeness (QED) is 0.636. The van der Waals surface area contributed by atoms with E-state index < -0.39 is 55.9 Å². The summed E-state index contributed by atoms with van der Waals surface area (Å²) in [6, 6.07) is 4.08. The molecule has 0 amide bonds. The summed E-state index contributed by atoms with van der Waals surface area (Å²) in [5, 5.41) is 9.33. The van der Waals surface area contributed by atoms with Crippen LogP contribution in [0.1, 0.15) is 11.1 Å². The van der Waals surface area contributed by atoms with Gasteiger partial charge in [-0.3, -0.25) is 4.31 Å². The van der Waals surface area contributed by atoms with Crippen LogP contribution in [0.4, 0.5) is 45.2 Å². The summed E-state index contributed by atoms with van der Waals surface area (Å²) in [4.78, 5) is -0.817. The molecule has 0 fully saturated rings. The van der Waals surface area contributed by atoms with Gasteiger partial charge in [0.15, 0.2) is 0 Å². The monoisotopic (exact) mass is 481 g/mol. The first-order chi connectivity index (χ1) is 13.8. The molecule has 172 valence electrons. The Bertz CT molecular complexity index is 1030. The lowest BCUT2D eigenvalue weighted by molar-refractivity contribution is -0.376. The van der Waals surface area contributed by atoms with Crippen molar-refractivity contribution in [2.45, 2.75) is 29.0 Å². The summed E-state index contributed by atoms with van der Waals surface area (Å²) in [5.41, 5.74) is -8.58. The number of nitrogens with zero attached hydrogens (tertiary/aromatic N) is 1. The molecular formula is C17H12F9NO3S. The number of hydrogen-bond acceptors (Lipinski definition) is 3. The molecule has 0 bridgehead atoms. The maximum absolute atomic E-state index is 12.9. The van der Waals surface area contributed by atoms with Gasteiger partial charge in [-0.2, -0.15) is 39.5 Å². The minimum Gasteiger partial charge on any atom is -0.369 e. The molecule has 0 aliphatic heterocycles. The Labute approximate surface area is 169 Å². The van der Waals surface area contributed by atoms with Crippen LogP contribution in [-0.2, 0) is 21.8 Å². The van der Waals surface area contributed by atoms with E-state index in [1.165, 1.54) is 0 Å². The molecule has 0 saturated carbocycles. The van der Waals surface area contributed by atoms with Gasteiger partial charge in [0.2, 0.25) is 0 Å². The van der Waals surface area contributed by atoms with Crippen LogP contribution >= 0.6 is 0 Å². The van der Waals surface area contributed by atoms with E-state index in [4.69, 9.17) is 0 Å². The molecule has 0 spiro atoms. The van der Waals surface area contributed by atoms with Crippen molar-refractivity contribution < 1.29 is 53.0 Å². The average Bonchev–Trinajstić information content (AvgIpc) is 2.64. The number of benzene rings is 2. The van der Waals surface area contributed by atoms with Crippen LogP contribution in [0.5, 0.6) is 0 Å². The zero-order chi connectivity index (χ0) is 24.0. The lowest BCUT2D eigenvalue weighted by atomic mass is 9.92. The van der Waals surface area contributed by atoms with E-state index in [1.807, 2.05) is 0 Å². The minimum atomic E-state index is -6.17. The van der Waals surface area contributed by atoms with Crippen molar-refractivity contribution >= 4 is 15.7 Å². The summed E-state index contributed by atoms with van der Waals surface area (Å²) < 4.78 is 142. The van der Waals surface area contributed by atoms with Crippen LogP contribution in [0.15, 0.2) is 53.4 Å². The number of hydrogen-bond donors (Lipinski definition) is 1. The van der Waals surface area contributed by atoms with Gasteiger partial charge in [-0.25, -0.2) is 8.42 Å². The Morgan fingerprint density at radius 1 is 0.774 bits per heavy atom. The Balaban J connectivity index is 2.48. The van der Waals surface area contributed by atoms with E-state index >= 15 is 0 Å². The highest BCUT2D eigenvalue weighted by atomic mass is 32.2. The van der Waals surface area contributed by atoms with Crippen molar-refractivity contribution in [2.24, 2.45) is 0 Å². The van der Waals surface area contributed by atoms with Crippen molar-refractivity contribution in [1.29, 1.82) is 0 Å². The third kappa shape index (κ3) is 4.44. The highest BCUT2D eigenvalue weighted by molar-refractivity contribution is 7.92. The summed E-state index contributed by atoms with van der Waals surface area (Å²) >= 11 is 0. The molecule has 0 radical (unpaired) electrons. The molecule has 0 aromatic heterocycles. The van der Waals surface area contributed by atoms with Crippen molar-refractivity contribution in [3.05, 3.63) is 59.7 Å². The van der Waals surface area contributed by atoms with Gasteiger partial charge < -0.3 is 5.11 Å². The van der Waals surface area contributed by atoms with Crippen LogP contribution in [0.2, 0.25) is 0 Å². The van der Waals surface area contributed by atoms with Gasteiger partial charge >= 0.3 is 18.5 Å². The molecule has 4 nitrogen and oxygen atoms in total. The van der Waals surface area contributed by atoms with E-state index in [2.05, 4.69) is 0 Å². The smallest absolute Gasteiger partial charge is 0.369 e. The van der Waals surface area contributed by atoms with Gasteiger partial charge in [0, 0.05) is 12.6 Å². The number of halogens is 9. The normalized spacial score (nSPS) is 13.9. The first kappa shape index (κ1) is 24.8. The van der Waals surface area contributed by atoms with Gasteiger partial charge in [0.1, 0.15) is 0 Å². The third-order valence-corrected chi connectivity index (χ3v) is 6.09. The molecule has 2 aromatic carbocycles. The SMILES string of the molecule is CN(c1cccc(C(F)(F)F)c1)S(=O)(=O)c1ccc(C(O)(C(F)(F)F)C(F)(F)F)cc1. The number of aliphatic hydroxyl groups is 1. The van der Waals surface area contributed by atoms with Gasteiger partial charge in [-0.05, 0) is 30.3 Å². The molecule has 0 heterocycles. The predicted molar refractivity (Wildman–Crippen MR) is 89.5 cm³/mol. The third-order valence-electron chi connectivity index (χ3n) is 4.29. The Kier molecular flexibility index (Phi) is 6.06. The topological polar surface area (TPSA) is 57.6 Å². The summed E-state index contributed by atoms with van der Waals surface area (Å²) in [7, 11) is -3.82. The van der Waals surface area contributed by atoms with Gasteiger partial charge in [0.25, 0.3) is 15.6 Å². The molecule has 2 rings (SSSR count). The van der Waals surface area contributed by atoms with Crippen LogP contribution in [0, 0.1) is 0 Å². The second-order valence-electron chi connectivity index (χ2n) is 6.25. The van der Waals surface area contributed by atoms with Crippen LogP contribution in [0.3, 0.4) is 0 Å². The molecule has 0 aliphatic rings. The fraction of sp³-hybridized carbons (Fsp3) is 0.294. The number of sulfonamides is 1. The summed E-state index contributed by atoms with van der Waals surface area (Å²) in [5.74, 6) is 0. The van der Waals surface area contributed by atoms with Crippen molar-refractivity contribution in [3.63, 3.8) is 0 Å². The summed E-state index contributed by atoms with van der Waals surface area (Å²) in [6.07, 6.45) is -17.1. The molecule has 0 unspecified atom stereocenters. The Morgan fingerprint density at radius 3 is 1.68 bits per heavy atom. The van der Waals surface area contributed by atoms with E-state index in [1.54, 1.807) is 0 Å². The highest BCUT2D eigenvalue weighted by Crippen LogP contribution is 2.50. The van der Waals surface area contributed by atoms with Crippen molar-refractivity contribution in [3.8, 4) is 0 Å². The van der Waals surface area contributed by atoms with Crippen LogP contribution in [-0.4, -0.2) is 32.9 Å². The highest BCUT2D eigenvalue weighted by Gasteiger charge is 2.71. The second-order valence-corrected chi connectivity index (χ2v) is 8.22. The van der Waals surface area contributed by atoms with E-state index in [0.717, 1.165) is 19.2 Å². The lowest BCUT2D eigenvalue weighted by Crippen LogP contribution is -2.53. The van der Waals surface area contributed by atoms with Gasteiger partial charge in [-0.1, -0.05) is 18.2 Å². The molecule has 0 saturated heterocycles. The van der Waals surface area contributed by atoms with E-state index in [0.29, 0.717) is 28.6 Å². The molecule has 14 heteroatoms.